The molecule has 3 aromatic rings. The number of ether oxygens (including phenoxy) is 2. The van der Waals surface area contributed by atoms with Crippen LogP contribution in [0.4, 0.5) is 5.69 Å². The number of para-hydroxylation sites is 1. The number of hydrogen-bond acceptors (Lipinski definition) is 11. The van der Waals surface area contributed by atoms with E-state index in [0.29, 0.717) is 73.5 Å². The van der Waals surface area contributed by atoms with Gasteiger partial charge in [-0.05, 0) is 86.9 Å². The molecule has 326 valence electrons. The third-order valence-corrected chi connectivity index (χ3v) is 14.2. The summed E-state index contributed by atoms with van der Waals surface area (Å²) in [7, 11) is 4.81. The Labute approximate surface area is 353 Å². The summed E-state index contributed by atoms with van der Waals surface area (Å²) in [5.41, 5.74) is 1.23. The van der Waals surface area contributed by atoms with Gasteiger partial charge in [0.15, 0.2) is 5.60 Å². The number of aromatic amines is 1. The lowest BCUT2D eigenvalue weighted by Gasteiger charge is -2.61. The van der Waals surface area contributed by atoms with Crippen molar-refractivity contribution in [3.05, 3.63) is 70.9 Å². The van der Waals surface area contributed by atoms with E-state index in [0.717, 1.165) is 40.7 Å². The molecule has 9 atom stereocenters. The summed E-state index contributed by atoms with van der Waals surface area (Å²) in [6.07, 6.45) is 4.33. The Morgan fingerprint density at radius 3 is 2.50 bits per heavy atom. The lowest BCUT2D eigenvalue weighted by molar-refractivity contribution is -0.198. The summed E-state index contributed by atoms with van der Waals surface area (Å²) in [6.45, 7) is 11.9. The molecule has 0 spiro atoms. The average Bonchev–Trinajstić information content (AvgIpc) is 3.74. The van der Waals surface area contributed by atoms with Crippen LogP contribution in [0.2, 0.25) is 0 Å². The molecule has 0 saturated heterocycles. The molecule has 1 saturated carbocycles. The lowest BCUT2D eigenvalue weighted by atomic mass is 9.53. The van der Waals surface area contributed by atoms with Crippen molar-refractivity contribution in [3.63, 3.8) is 0 Å². The zero-order valence-corrected chi connectivity index (χ0v) is 36.5. The molecule has 1 aromatic heterocycles. The molecule has 0 radical (unpaired) electrons. The number of carbonyl (C=O) groups excluding carboxylic acids is 2. The van der Waals surface area contributed by atoms with Crippen LogP contribution in [0.15, 0.2) is 48.6 Å². The van der Waals surface area contributed by atoms with Crippen molar-refractivity contribution in [1.82, 2.24) is 20.5 Å². The monoisotopic (exact) mass is 827 g/mol. The van der Waals surface area contributed by atoms with Crippen molar-refractivity contribution in [1.29, 1.82) is 0 Å². The molecule has 2 aromatic carbocycles. The minimum atomic E-state index is -2.31. The standard InChI is InChI=1S/C47H65N5O8/c1-9-20-52-21-14-18-46(11-3)40(52)37-31-22-32(35(59-7)23-34(31)51(6)41(37)47(58,43(46)55)44(56)49-25-28(5)53)36-27(4)24-45(57,10-2)26-48-19-17-30-29-15-12-13-16-33(29)50-39(30)38(36)42(54)60-8/h12-16,18,22-23,27-28,37,40-41,43,48,50,53,55,57-58H,9-11,17,19-21,24-26H2,1-8H3,(H,49,56)/b38-36-/t27-,28-,37?,40?,41?,43-,45?,46-,47+/m1/s1. The van der Waals surface area contributed by atoms with Crippen LogP contribution in [-0.2, 0) is 20.7 Å². The number of rotatable bonds is 10. The first kappa shape index (κ1) is 43.8. The highest BCUT2D eigenvalue weighted by Crippen LogP contribution is 2.61. The van der Waals surface area contributed by atoms with Gasteiger partial charge in [0.2, 0.25) is 0 Å². The third kappa shape index (κ3) is 6.95. The zero-order chi connectivity index (χ0) is 43.3. The van der Waals surface area contributed by atoms with Crippen molar-refractivity contribution in [2.75, 3.05) is 58.9 Å². The topological polar surface area (TPSA) is 180 Å². The van der Waals surface area contributed by atoms with Crippen LogP contribution in [0.3, 0.4) is 0 Å². The average molecular weight is 828 g/mol. The number of nitrogens with zero attached hydrogens (tertiary/aromatic N) is 2. The van der Waals surface area contributed by atoms with Crippen molar-refractivity contribution in [2.24, 2.45) is 11.3 Å². The van der Waals surface area contributed by atoms with Crippen molar-refractivity contribution in [3.8, 4) is 5.75 Å². The first-order chi connectivity index (χ1) is 28.7. The number of likely N-dealkylation sites (N-methyl/N-ethyl adjacent to an activating group) is 1. The highest BCUT2D eigenvalue weighted by molar-refractivity contribution is 6.26. The van der Waals surface area contributed by atoms with Gasteiger partial charge in [0.25, 0.3) is 5.91 Å². The van der Waals surface area contributed by atoms with E-state index in [2.05, 4.69) is 33.5 Å². The summed E-state index contributed by atoms with van der Waals surface area (Å²) >= 11 is 0. The van der Waals surface area contributed by atoms with Crippen molar-refractivity contribution in [2.45, 2.75) is 108 Å². The van der Waals surface area contributed by atoms with Crippen LogP contribution in [-0.4, -0.2) is 132 Å². The Balaban J connectivity index is 1.56. The normalized spacial score (nSPS) is 32.3. The molecule has 1 aliphatic carbocycles. The molecule has 7 N–H and O–H groups in total. The van der Waals surface area contributed by atoms with Crippen LogP contribution in [0, 0.1) is 11.3 Å². The fourth-order valence-corrected chi connectivity index (χ4v) is 11.4. The van der Waals surface area contributed by atoms with Crippen LogP contribution in [0.5, 0.6) is 5.75 Å². The number of esters is 1. The minimum Gasteiger partial charge on any atom is -0.496 e. The number of fused-ring (bicyclic) bond motifs is 8. The number of H-pyrrole nitrogens is 1. The van der Waals surface area contributed by atoms with Crippen molar-refractivity contribution >= 4 is 39.6 Å². The van der Waals surface area contributed by atoms with Crippen LogP contribution in [0.25, 0.3) is 22.0 Å². The molecule has 60 heavy (non-hydrogen) atoms. The number of carbonyl (C=O) groups is 2. The van der Waals surface area contributed by atoms with Gasteiger partial charge >= 0.3 is 5.97 Å². The summed E-state index contributed by atoms with van der Waals surface area (Å²) in [5.74, 6) is -1.75. The van der Waals surface area contributed by atoms with Crippen LogP contribution >= 0.6 is 0 Å². The largest absolute Gasteiger partial charge is 0.496 e. The van der Waals surface area contributed by atoms with Crippen LogP contribution in [0.1, 0.15) is 88.6 Å². The Morgan fingerprint density at radius 1 is 1.08 bits per heavy atom. The number of benzene rings is 2. The number of aliphatic hydroxyl groups excluding tert-OH is 2. The number of aromatic nitrogens is 1. The van der Waals surface area contributed by atoms with E-state index >= 15 is 0 Å². The molecule has 7 rings (SSSR count). The summed E-state index contributed by atoms with van der Waals surface area (Å²) in [5, 5.41) is 55.3. The lowest BCUT2D eigenvalue weighted by Crippen LogP contribution is -2.78. The smallest absolute Gasteiger partial charge is 0.340 e. The van der Waals surface area contributed by atoms with Gasteiger partial charge in [-0.3, -0.25) is 9.69 Å². The maximum Gasteiger partial charge on any atom is 0.340 e. The third-order valence-electron chi connectivity index (χ3n) is 14.2. The molecule has 4 heterocycles. The van der Waals surface area contributed by atoms with E-state index in [1.54, 1.807) is 14.0 Å². The number of aliphatic hydroxyl groups is 4. The molecule has 1 amide bonds. The number of allylic oxidation sites excluding steroid dienone is 1. The highest BCUT2D eigenvalue weighted by Gasteiger charge is 2.71. The van der Waals surface area contributed by atoms with Gasteiger partial charge in [-0.15, -0.1) is 0 Å². The SMILES string of the molecule is CCCN1CC=C[C@]2(CC)C1C1c3cc(/C4=C(\C(=O)OC)c5[nH]c6ccccc6c5CCNCC(O)(CC)C[C@H]4C)c(OC)cc3N(C)C1[C@@](O)(C(=O)NC[C@@H](C)O)[C@@H]2O. The quantitative estimate of drug-likeness (QED) is 0.116. The van der Waals surface area contributed by atoms with Gasteiger partial charge in [-0.1, -0.05) is 58.0 Å². The summed E-state index contributed by atoms with van der Waals surface area (Å²) in [6, 6.07) is 10.7. The number of amides is 1. The predicted octanol–water partition coefficient (Wildman–Crippen LogP) is 4.12. The molecule has 4 aliphatic rings. The maximum atomic E-state index is 14.6. The van der Waals surface area contributed by atoms with E-state index in [-0.39, 0.29) is 12.6 Å². The number of nitrogens with one attached hydrogen (secondary N) is 3. The molecule has 4 unspecified atom stereocenters. The minimum absolute atomic E-state index is 0.0993. The second kappa shape index (κ2) is 16.9. The van der Waals surface area contributed by atoms with Gasteiger partial charge in [0, 0.05) is 72.3 Å². The van der Waals surface area contributed by atoms with Gasteiger partial charge in [0.05, 0.1) is 43.2 Å². The number of anilines is 1. The highest BCUT2D eigenvalue weighted by atomic mass is 16.5. The second-order valence-corrected chi connectivity index (χ2v) is 17.7. The fraction of sp³-hybridized carbons (Fsp3) is 0.574. The van der Waals surface area contributed by atoms with E-state index in [9.17, 15) is 30.0 Å². The van der Waals surface area contributed by atoms with E-state index < -0.39 is 58.6 Å². The number of methoxy groups -OCH3 is 2. The van der Waals surface area contributed by atoms with E-state index in [1.807, 2.05) is 75.2 Å². The molecular formula is C47H65N5O8. The Hall–Kier alpha value is -4.24. The number of β-amino-alcohol motifs (C(OH)–C–C–N with tert-alkyl or cyclic N) is 1. The summed E-state index contributed by atoms with van der Waals surface area (Å²) in [4.78, 5) is 36.9. The predicted molar refractivity (Wildman–Crippen MR) is 234 cm³/mol. The van der Waals surface area contributed by atoms with Gasteiger partial charge in [0.1, 0.15) is 11.9 Å². The zero-order valence-electron chi connectivity index (χ0n) is 36.5. The molecule has 13 heteroatoms. The fourth-order valence-electron chi connectivity index (χ4n) is 11.4. The van der Waals surface area contributed by atoms with E-state index in [4.69, 9.17) is 9.47 Å². The Kier molecular flexibility index (Phi) is 12.4. The molecule has 0 bridgehead atoms. The van der Waals surface area contributed by atoms with Crippen LogP contribution < -0.4 is 20.3 Å². The van der Waals surface area contributed by atoms with Gasteiger partial charge in [-0.2, -0.15) is 0 Å². The molecule has 13 nitrogen and oxygen atoms in total. The first-order valence-corrected chi connectivity index (χ1v) is 21.7. The first-order valence-electron chi connectivity index (χ1n) is 21.7. The summed E-state index contributed by atoms with van der Waals surface area (Å²) < 4.78 is 11.9. The van der Waals surface area contributed by atoms with E-state index in [1.165, 1.54) is 7.11 Å². The second-order valence-electron chi connectivity index (χ2n) is 17.7. The molecular weight excluding hydrogens is 763 g/mol. The number of hydrogen-bond donors (Lipinski definition) is 7. The Morgan fingerprint density at radius 2 is 1.83 bits per heavy atom. The van der Waals surface area contributed by atoms with Gasteiger partial charge < -0.3 is 50.4 Å². The Bertz CT molecular complexity index is 2170. The molecule has 1 fully saturated rings. The van der Waals surface area contributed by atoms with Crippen molar-refractivity contribution < 1.29 is 39.5 Å². The maximum absolute atomic E-state index is 14.6. The molecule has 3 aliphatic heterocycles. The van der Waals surface area contributed by atoms with Gasteiger partial charge in [-0.25, -0.2) is 4.79 Å².